The lowest BCUT2D eigenvalue weighted by Gasteiger charge is -2.37. The lowest BCUT2D eigenvalue weighted by molar-refractivity contribution is -0.127. The van der Waals surface area contributed by atoms with Gasteiger partial charge in [0.1, 0.15) is 5.78 Å². The topological polar surface area (TPSA) is 29.1 Å². The summed E-state index contributed by atoms with van der Waals surface area (Å²) in [5, 5.41) is 3.73. The molecule has 3 rings (SSSR count). The Bertz CT molecular complexity index is 608. The highest BCUT2D eigenvalue weighted by molar-refractivity contribution is 5.83. The maximum Gasteiger partial charge on any atom is 0.139 e. The second kappa shape index (κ2) is 6.89. The fourth-order valence-corrected chi connectivity index (χ4v) is 3.46. The summed E-state index contributed by atoms with van der Waals surface area (Å²) in [5.74, 6) is 0.482. The molecule has 0 amide bonds. The standard InChI is InChI=1S/C20H23NO/c1-2-9-17-19(22)14-18(15-10-5-3-6-11-15)21-20(17)16-12-7-4-8-13-16/h3-8,10-13,17-18,20-21H,2,9,14H2,1H3. The Labute approximate surface area is 132 Å². The minimum atomic E-state index is 0.0902. The molecular weight excluding hydrogens is 270 g/mol. The average Bonchev–Trinajstić information content (AvgIpc) is 2.58. The Morgan fingerprint density at radius 2 is 1.55 bits per heavy atom. The van der Waals surface area contributed by atoms with Crippen LogP contribution in [0.3, 0.4) is 0 Å². The van der Waals surface area contributed by atoms with Gasteiger partial charge in [0.05, 0.1) is 0 Å². The van der Waals surface area contributed by atoms with Gasteiger partial charge in [-0.25, -0.2) is 0 Å². The molecule has 2 nitrogen and oxygen atoms in total. The van der Waals surface area contributed by atoms with Crippen molar-refractivity contribution in [1.29, 1.82) is 0 Å². The highest BCUT2D eigenvalue weighted by Gasteiger charge is 2.36. The molecule has 1 aliphatic rings. The summed E-state index contributed by atoms with van der Waals surface area (Å²) in [6.07, 6.45) is 2.59. The third kappa shape index (κ3) is 3.12. The number of hydrogen-bond donors (Lipinski definition) is 1. The van der Waals surface area contributed by atoms with Crippen LogP contribution in [-0.2, 0) is 4.79 Å². The normalized spacial score (nSPS) is 25.1. The van der Waals surface area contributed by atoms with E-state index >= 15 is 0 Å². The van der Waals surface area contributed by atoms with Crippen LogP contribution in [0.1, 0.15) is 49.4 Å². The van der Waals surface area contributed by atoms with Crippen molar-refractivity contribution < 1.29 is 4.79 Å². The first-order valence-corrected chi connectivity index (χ1v) is 8.18. The maximum absolute atomic E-state index is 12.7. The van der Waals surface area contributed by atoms with Crippen molar-refractivity contribution in [2.24, 2.45) is 5.92 Å². The summed E-state index contributed by atoms with van der Waals surface area (Å²) in [6.45, 7) is 2.15. The van der Waals surface area contributed by atoms with Crippen molar-refractivity contribution in [3.05, 3.63) is 71.8 Å². The molecule has 0 aliphatic carbocycles. The summed E-state index contributed by atoms with van der Waals surface area (Å²) in [4.78, 5) is 12.7. The van der Waals surface area contributed by atoms with Crippen LogP contribution in [0.15, 0.2) is 60.7 Å². The van der Waals surface area contributed by atoms with Crippen LogP contribution >= 0.6 is 0 Å². The number of carbonyl (C=O) groups excluding carboxylic acids is 1. The van der Waals surface area contributed by atoms with Gasteiger partial charge in [-0.1, -0.05) is 74.0 Å². The van der Waals surface area contributed by atoms with Crippen molar-refractivity contribution in [3.63, 3.8) is 0 Å². The molecule has 1 N–H and O–H groups in total. The lowest BCUT2D eigenvalue weighted by Crippen LogP contribution is -2.42. The van der Waals surface area contributed by atoms with Gasteiger partial charge >= 0.3 is 0 Å². The first-order valence-electron chi connectivity index (χ1n) is 8.18. The summed E-state index contributed by atoms with van der Waals surface area (Å²) in [7, 11) is 0. The molecule has 0 saturated carbocycles. The molecule has 1 aliphatic heterocycles. The van der Waals surface area contributed by atoms with E-state index in [0.717, 1.165) is 12.8 Å². The van der Waals surface area contributed by atoms with E-state index in [0.29, 0.717) is 12.2 Å². The van der Waals surface area contributed by atoms with E-state index in [1.165, 1.54) is 11.1 Å². The summed E-state index contributed by atoms with van der Waals surface area (Å²) < 4.78 is 0. The zero-order valence-electron chi connectivity index (χ0n) is 13.0. The lowest BCUT2D eigenvalue weighted by atomic mass is 9.79. The largest absolute Gasteiger partial charge is 0.302 e. The van der Waals surface area contributed by atoms with Crippen molar-refractivity contribution in [1.82, 2.24) is 5.32 Å². The Hall–Kier alpha value is -1.93. The van der Waals surface area contributed by atoms with Gasteiger partial charge in [0.25, 0.3) is 0 Å². The van der Waals surface area contributed by atoms with E-state index in [1.54, 1.807) is 0 Å². The predicted molar refractivity (Wildman–Crippen MR) is 89.5 cm³/mol. The van der Waals surface area contributed by atoms with E-state index in [4.69, 9.17) is 0 Å². The minimum absolute atomic E-state index is 0.0902. The number of nitrogens with one attached hydrogen (secondary N) is 1. The van der Waals surface area contributed by atoms with Crippen molar-refractivity contribution in [2.75, 3.05) is 0 Å². The molecule has 114 valence electrons. The third-order valence-electron chi connectivity index (χ3n) is 4.56. The number of piperidine rings is 1. The molecular formula is C20H23NO. The van der Waals surface area contributed by atoms with Crippen LogP contribution in [0.25, 0.3) is 0 Å². The molecule has 3 atom stereocenters. The quantitative estimate of drug-likeness (QED) is 0.902. The molecule has 22 heavy (non-hydrogen) atoms. The Morgan fingerprint density at radius 3 is 2.14 bits per heavy atom. The second-order valence-electron chi connectivity index (χ2n) is 6.08. The molecule has 2 aromatic rings. The van der Waals surface area contributed by atoms with Crippen LogP contribution < -0.4 is 5.32 Å². The molecule has 0 spiro atoms. The fraction of sp³-hybridized carbons (Fsp3) is 0.350. The van der Waals surface area contributed by atoms with E-state index in [9.17, 15) is 4.79 Å². The zero-order chi connectivity index (χ0) is 15.4. The van der Waals surface area contributed by atoms with Crippen LogP contribution in [0.4, 0.5) is 0 Å². The van der Waals surface area contributed by atoms with Gasteiger partial charge in [-0.2, -0.15) is 0 Å². The molecule has 3 unspecified atom stereocenters. The maximum atomic E-state index is 12.7. The second-order valence-corrected chi connectivity index (χ2v) is 6.08. The minimum Gasteiger partial charge on any atom is -0.302 e. The van der Waals surface area contributed by atoms with E-state index in [-0.39, 0.29) is 18.0 Å². The van der Waals surface area contributed by atoms with Gasteiger partial charge in [-0.15, -0.1) is 0 Å². The number of carbonyl (C=O) groups is 1. The van der Waals surface area contributed by atoms with E-state index < -0.39 is 0 Å². The zero-order valence-corrected chi connectivity index (χ0v) is 13.0. The summed E-state index contributed by atoms with van der Waals surface area (Å²) >= 11 is 0. The Kier molecular flexibility index (Phi) is 4.69. The first-order chi connectivity index (χ1) is 10.8. The van der Waals surface area contributed by atoms with E-state index in [2.05, 4.69) is 48.6 Å². The number of benzene rings is 2. The van der Waals surface area contributed by atoms with Crippen LogP contribution in [0.2, 0.25) is 0 Å². The molecule has 1 saturated heterocycles. The number of hydrogen-bond acceptors (Lipinski definition) is 2. The van der Waals surface area contributed by atoms with Crippen LogP contribution in [0, 0.1) is 5.92 Å². The number of rotatable bonds is 4. The van der Waals surface area contributed by atoms with Crippen LogP contribution in [-0.4, -0.2) is 5.78 Å². The molecule has 1 fully saturated rings. The summed E-state index contributed by atoms with van der Waals surface area (Å²) in [5.41, 5.74) is 2.42. The molecule has 0 radical (unpaired) electrons. The van der Waals surface area contributed by atoms with Crippen molar-refractivity contribution in [3.8, 4) is 0 Å². The Balaban J connectivity index is 1.90. The van der Waals surface area contributed by atoms with Gasteiger partial charge in [-0.05, 0) is 17.5 Å². The predicted octanol–water partition coefficient (Wildman–Crippen LogP) is 4.45. The van der Waals surface area contributed by atoms with E-state index in [1.807, 2.05) is 24.3 Å². The van der Waals surface area contributed by atoms with Gasteiger partial charge in [-0.3, -0.25) is 4.79 Å². The number of ketones is 1. The van der Waals surface area contributed by atoms with Gasteiger partial charge < -0.3 is 5.32 Å². The molecule has 2 heteroatoms. The highest BCUT2D eigenvalue weighted by atomic mass is 16.1. The average molecular weight is 293 g/mol. The third-order valence-corrected chi connectivity index (χ3v) is 4.56. The number of Topliss-reactive ketones (excluding diaryl/α,β-unsaturated/α-hetero) is 1. The molecule has 1 heterocycles. The monoisotopic (exact) mass is 293 g/mol. The highest BCUT2D eigenvalue weighted by Crippen LogP contribution is 2.36. The SMILES string of the molecule is CCCC1C(=O)CC(c2ccccc2)NC1c1ccccc1. The Morgan fingerprint density at radius 1 is 0.955 bits per heavy atom. The van der Waals surface area contributed by atoms with Crippen molar-refractivity contribution in [2.45, 2.75) is 38.3 Å². The van der Waals surface area contributed by atoms with Gasteiger partial charge in [0, 0.05) is 24.4 Å². The molecule has 0 bridgehead atoms. The van der Waals surface area contributed by atoms with Crippen LogP contribution in [0.5, 0.6) is 0 Å². The van der Waals surface area contributed by atoms with Gasteiger partial charge in [0.15, 0.2) is 0 Å². The molecule has 2 aromatic carbocycles. The molecule has 0 aromatic heterocycles. The van der Waals surface area contributed by atoms with Gasteiger partial charge in [0.2, 0.25) is 0 Å². The van der Waals surface area contributed by atoms with Crippen molar-refractivity contribution >= 4 is 5.78 Å². The smallest absolute Gasteiger partial charge is 0.139 e. The first kappa shape index (κ1) is 15.0. The summed E-state index contributed by atoms with van der Waals surface area (Å²) in [6, 6.07) is 20.9. The fourth-order valence-electron chi connectivity index (χ4n) is 3.46.